The minimum absolute atomic E-state index is 0.0114. The molecule has 2 N–H and O–H groups in total. The highest BCUT2D eigenvalue weighted by Crippen LogP contribution is 2.14. The SMILES string of the molecule is CC(=O)NCCN(C(=O)CCc1cccc(F)c1F)C(C)C(=O)O. The zero-order valence-corrected chi connectivity index (χ0v) is 13.5. The van der Waals surface area contributed by atoms with Gasteiger partial charge in [0.25, 0.3) is 0 Å². The number of amides is 2. The van der Waals surface area contributed by atoms with E-state index in [2.05, 4.69) is 5.32 Å². The summed E-state index contributed by atoms with van der Waals surface area (Å²) in [6.07, 6.45) is -0.219. The Morgan fingerprint density at radius 1 is 1.29 bits per heavy atom. The fourth-order valence-corrected chi connectivity index (χ4v) is 2.15. The zero-order chi connectivity index (χ0) is 18.3. The summed E-state index contributed by atoms with van der Waals surface area (Å²) in [6.45, 7) is 2.76. The van der Waals surface area contributed by atoms with E-state index in [0.717, 1.165) is 11.0 Å². The number of carbonyl (C=O) groups is 3. The van der Waals surface area contributed by atoms with Crippen molar-refractivity contribution >= 4 is 17.8 Å². The van der Waals surface area contributed by atoms with Crippen molar-refractivity contribution in [1.29, 1.82) is 0 Å². The molecule has 1 unspecified atom stereocenters. The predicted octanol–water partition coefficient (Wildman–Crippen LogP) is 1.34. The van der Waals surface area contributed by atoms with Crippen LogP contribution in [0, 0.1) is 11.6 Å². The molecule has 0 saturated heterocycles. The van der Waals surface area contributed by atoms with Crippen LogP contribution in [0.3, 0.4) is 0 Å². The van der Waals surface area contributed by atoms with Crippen LogP contribution in [0.5, 0.6) is 0 Å². The van der Waals surface area contributed by atoms with Gasteiger partial charge in [-0.25, -0.2) is 13.6 Å². The van der Waals surface area contributed by atoms with E-state index in [1.165, 1.54) is 26.0 Å². The summed E-state index contributed by atoms with van der Waals surface area (Å²) in [7, 11) is 0. The second-order valence-electron chi connectivity index (χ2n) is 5.30. The van der Waals surface area contributed by atoms with Crippen molar-refractivity contribution in [2.45, 2.75) is 32.7 Å². The highest BCUT2D eigenvalue weighted by atomic mass is 19.2. The first-order valence-electron chi connectivity index (χ1n) is 7.43. The number of aryl methyl sites for hydroxylation is 1. The maximum atomic E-state index is 13.6. The van der Waals surface area contributed by atoms with Gasteiger partial charge in [-0.3, -0.25) is 9.59 Å². The van der Waals surface area contributed by atoms with E-state index < -0.39 is 29.6 Å². The average Bonchev–Trinajstić information content (AvgIpc) is 2.51. The van der Waals surface area contributed by atoms with E-state index in [-0.39, 0.29) is 37.4 Å². The Balaban J connectivity index is 2.74. The molecule has 1 atom stereocenters. The lowest BCUT2D eigenvalue weighted by molar-refractivity contribution is -0.149. The molecule has 2 amide bonds. The molecule has 0 saturated carbocycles. The van der Waals surface area contributed by atoms with Crippen molar-refractivity contribution in [3.05, 3.63) is 35.4 Å². The summed E-state index contributed by atoms with van der Waals surface area (Å²) in [4.78, 5) is 35.4. The molecule has 0 aliphatic rings. The number of hydrogen-bond donors (Lipinski definition) is 2. The van der Waals surface area contributed by atoms with Crippen LogP contribution in [0.25, 0.3) is 0 Å². The standard InChI is InChI=1S/C16H20F2N2O4/c1-10(16(23)24)20(9-8-19-11(2)21)14(22)7-6-12-4-3-5-13(17)15(12)18/h3-5,10H,6-9H2,1-2H3,(H,19,21)(H,23,24). The Labute approximate surface area is 138 Å². The van der Waals surface area contributed by atoms with Crippen LogP contribution in [0.4, 0.5) is 8.78 Å². The van der Waals surface area contributed by atoms with Crippen LogP contribution in [-0.4, -0.2) is 46.9 Å². The summed E-state index contributed by atoms with van der Waals surface area (Å²) < 4.78 is 26.7. The lowest BCUT2D eigenvalue weighted by Crippen LogP contribution is -2.46. The van der Waals surface area contributed by atoms with Crippen molar-refractivity contribution in [1.82, 2.24) is 10.2 Å². The molecule has 0 aliphatic heterocycles. The number of carbonyl (C=O) groups excluding carboxylic acids is 2. The molecular weight excluding hydrogens is 322 g/mol. The number of halogens is 2. The number of nitrogens with one attached hydrogen (secondary N) is 1. The summed E-state index contributed by atoms with van der Waals surface area (Å²) in [5, 5.41) is 11.6. The molecule has 0 heterocycles. The predicted molar refractivity (Wildman–Crippen MR) is 82.2 cm³/mol. The minimum Gasteiger partial charge on any atom is -0.480 e. The van der Waals surface area contributed by atoms with E-state index in [1.54, 1.807) is 0 Å². The Hall–Kier alpha value is -2.51. The normalized spacial score (nSPS) is 11.7. The monoisotopic (exact) mass is 342 g/mol. The fourth-order valence-electron chi connectivity index (χ4n) is 2.15. The van der Waals surface area contributed by atoms with Crippen molar-refractivity contribution in [2.24, 2.45) is 0 Å². The van der Waals surface area contributed by atoms with Gasteiger partial charge in [-0.05, 0) is 25.0 Å². The Bertz CT molecular complexity index is 622. The van der Waals surface area contributed by atoms with Crippen molar-refractivity contribution in [3.63, 3.8) is 0 Å². The van der Waals surface area contributed by atoms with Crippen molar-refractivity contribution < 1.29 is 28.3 Å². The van der Waals surface area contributed by atoms with Gasteiger partial charge in [-0.15, -0.1) is 0 Å². The van der Waals surface area contributed by atoms with E-state index in [1.807, 2.05) is 0 Å². The number of rotatable bonds is 8. The van der Waals surface area contributed by atoms with Crippen LogP contribution in [0.15, 0.2) is 18.2 Å². The van der Waals surface area contributed by atoms with Gasteiger partial charge in [0.15, 0.2) is 11.6 Å². The third-order valence-corrected chi connectivity index (χ3v) is 3.51. The van der Waals surface area contributed by atoms with Crippen LogP contribution in [-0.2, 0) is 20.8 Å². The Morgan fingerprint density at radius 2 is 1.96 bits per heavy atom. The lowest BCUT2D eigenvalue weighted by Gasteiger charge is -2.26. The molecule has 8 heteroatoms. The van der Waals surface area contributed by atoms with Gasteiger partial charge in [-0.2, -0.15) is 0 Å². The summed E-state index contributed by atoms with van der Waals surface area (Å²) in [5.74, 6) is -4.02. The van der Waals surface area contributed by atoms with Gasteiger partial charge >= 0.3 is 5.97 Å². The smallest absolute Gasteiger partial charge is 0.326 e. The topological polar surface area (TPSA) is 86.7 Å². The third-order valence-electron chi connectivity index (χ3n) is 3.51. The molecule has 0 aromatic heterocycles. The first-order chi connectivity index (χ1) is 11.2. The van der Waals surface area contributed by atoms with E-state index in [9.17, 15) is 23.2 Å². The van der Waals surface area contributed by atoms with Crippen LogP contribution < -0.4 is 5.32 Å². The zero-order valence-electron chi connectivity index (χ0n) is 13.5. The van der Waals surface area contributed by atoms with Gasteiger partial charge in [0, 0.05) is 26.4 Å². The molecule has 1 aromatic carbocycles. The number of benzene rings is 1. The molecule has 0 fully saturated rings. The number of carboxylic acid groups (broad SMARTS) is 1. The van der Waals surface area contributed by atoms with Crippen molar-refractivity contribution in [3.8, 4) is 0 Å². The second-order valence-corrected chi connectivity index (χ2v) is 5.30. The first kappa shape index (κ1) is 19.5. The van der Waals surface area contributed by atoms with E-state index in [4.69, 9.17) is 5.11 Å². The summed E-state index contributed by atoms with van der Waals surface area (Å²) >= 11 is 0. The van der Waals surface area contributed by atoms with Crippen molar-refractivity contribution in [2.75, 3.05) is 13.1 Å². The molecule has 1 rings (SSSR count). The van der Waals surface area contributed by atoms with Gasteiger partial charge in [0.05, 0.1) is 0 Å². The fraction of sp³-hybridized carbons (Fsp3) is 0.438. The van der Waals surface area contributed by atoms with E-state index in [0.29, 0.717) is 0 Å². The molecule has 0 bridgehead atoms. The molecule has 0 radical (unpaired) electrons. The molecule has 24 heavy (non-hydrogen) atoms. The highest BCUT2D eigenvalue weighted by Gasteiger charge is 2.25. The lowest BCUT2D eigenvalue weighted by atomic mass is 10.1. The number of nitrogens with zero attached hydrogens (tertiary/aromatic N) is 1. The molecule has 0 aliphatic carbocycles. The molecule has 6 nitrogen and oxygen atoms in total. The van der Waals surface area contributed by atoms with Gasteiger partial charge < -0.3 is 15.3 Å². The molecule has 132 valence electrons. The molecule has 1 aromatic rings. The number of aliphatic carboxylic acids is 1. The van der Waals surface area contributed by atoms with Crippen LogP contribution in [0.2, 0.25) is 0 Å². The minimum atomic E-state index is -1.19. The second kappa shape index (κ2) is 8.95. The quantitative estimate of drug-likeness (QED) is 0.746. The van der Waals surface area contributed by atoms with Gasteiger partial charge in [0.2, 0.25) is 11.8 Å². The summed E-state index contributed by atoms with van der Waals surface area (Å²) in [5.41, 5.74) is 0.0492. The maximum Gasteiger partial charge on any atom is 0.326 e. The Kier molecular flexibility index (Phi) is 7.29. The van der Waals surface area contributed by atoms with E-state index >= 15 is 0 Å². The molecule has 0 spiro atoms. The number of carboxylic acids is 1. The highest BCUT2D eigenvalue weighted by molar-refractivity contribution is 5.83. The van der Waals surface area contributed by atoms with Gasteiger partial charge in [0.1, 0.15) is 6.04 Å². The maximum absolute atomic E-state index is 13.6. The average molecular weight is 342 g/mol. The third kappa shape index (κ3) is 5.60. The largest absolute Gasteiger partial charge is 0.480 e. The first-order valence-corrected chi connectivity index (χ1v) is 7.43. The Morgan fingerprint density at radius 3 is 2.54 bits per heavy atom. The summed E-state index contributed by atoms with van der Waals surface area (Å²) in [6, 6.07) is 2.59. The number of hydrogen-bond acceptors (Lipinski definition) is 3. The van der Waals surface area contributed by atoms with Crippen LogP contribution in [0.1, 0.15) is 25.8 Å². The van der Waals surface area contributed by atoms with Gasteiger partial charge in [-0.1, -0.05) is 12.1 Å². The van der Waals surface area contributed by atoms with Crippen LogP contribution >= 0.6 is 0 Å². The molecular formula is C16H20F2N2O4.